The molecule has 13 rings (SSSR count). The number of thiophene rings is 1. The number of aryl methyl sites for hydroxylation is 1. The molecule has 0 radical (unpaired) electrons. The molecule has 2 amide bonds. The highest BCUT2D eigenvalue weighted by Crippen LogP contribution is 2.48. The van der Waals surface area contributed by atoms with E-state index >= 15 is 8.78 Å². The molecule has 88 heavy (non-hydrogen) atoms. The number of hydrogen-bond acceptors (Lipinski definition) is 17. The van der Waals surface area contributed by atoms with Crippen molar-refractivity contribution in [3.8, 4) is 46.0 Å². The second-order valence-corrected chi connectivity index (χ2v) is 26.0. The molecule has 4 atom stereocenters. The molecule has 5 aliphatic heterocycles. The summed E-state index contributed by atoms with van der Waals surface area (Å²) in [6, 6.07) is 13.0. The van der Waals surface area contributed by atoms with Crippen LogP contribution in [0.5, 0.6) is 6.01 Å². The zero-order valence-electron chi connectivity index (χ0n) is 49.4. The topological polar surface area (TPSA) is 229 Å². The van der Waals surface area contributed by atoms with E-state index in [1.54, 1.807) is 30.2 Å². The summed E-state index contributed by atoms with van der Waals surface area (Å²) in [5.74, 6) is -1.75. The molecule has 5 aliphatic rings. The van der Waals surface area contributed by atoms with Crippen LogP contribution in [0.1, 0.15) is 102 Å². The number of amides is 2. The number of carbonyl (C=O) groups is 3. The van der Waals surface area contributed by atoms with Crippen LogP contribution in [0.4, 0.5) is 28.8 Å². The molecular formula is C63H61ClF3N13O7S. The first-order valence-corrected chi connectivity index (χ1v) is 30.5. The van der Waals surface area contributed by atoms with E-state index < -0.39 is 46.5 Å². The highest BCUT2D eigenvalue weighted by atomic mass is 35.5. The van der Waals surface area contributed by atoms with Gasteiger partial charge in [0.15, 0.2) is 5.82 Å². The number of alkyl halides is 1. The lowest BCUT2D eigenvalue weighted by molar-refractivity contribution is -0.153. The van der Waals surface area contributed by atoms with Crippen LogP contribution in [0.2, 0.25) is 5.02 Å². The molecule has 25 heteroatoms. The van der Waals surface area contributed by atoms with Crippen molar-refractivity contribution in [2.45, 2.75) is 129 Å². The standard InChI is InChI=1S/C63H61ClF3N13O7S/c1-9-35-37-20-33(12-15-45(37)69-50-40(35)28-79-46(50)22-42-41(57(79)82)29-85-58(83)62(42,8)10-2)53-73-75-80(74-53)25-31(3)56(81)76-18-19-78(32(4)26-76)54-38-21-43(64)48(49(67)51(38)70-59(71-54)86-30-63-16-11-17-77(63)27-34(65)23-63)36-13-14-44(66)52-47(36)39(24-68)55(88-52)72-60(84)87-61(5,6)7/h12-15,20-22,32,34H,3,9-11,16-19,23,25-30H2,1-2,4-8H3,(H,72,84)/t32-,34+,62+,63-/m0/s1. The number of cyclic esters (lactones) is 1. The number of piperazine rings is 1. The molecule has 3 saturated heterocycles. The minimum atomic E-state index is -1.04. The van der Waals surface area contributed by atoms with Crippen LogP contribution < -0.4 is 20.5 Å². The Morgan fingerprint density at radius 2 is 1.84 bits per heavy atom. The number of esters is 1. The molecule has 454 valence electrons. The fraction of sp³-hybridized carbons (Fsp3) is 0.413. The first kappa shape index (κ1) is 58.5. The summed E-state index contributed by atoms with van der Waals surface area (Å²) < 4.78 is 67.5. The molecular weight excluding hydrogens is 1180 g/mol. The van der Waals surface area contributed by atoms with Gasteiger partial charge >= 0.3 is 18.1 Å². The third-order valence-corrected chi connectivity index (χ3v) is 19.4. The minimum absolute atomic E-state index is 0.00604. The molecule has 0 bridgehead atoms. The van der Waals surface area contributed by atoms with Gasteiger partial charge in [-0.25, -0.2) is 22.9 Å². The van der Waals surface area contributed by atoms with Crippen LogP contribution in [-0.4, -0.2) is 130 Å². The van der Waals surface area contributed by atoms with E-state index in [9.17, 15) is 28.8 Å². The van der Waals surface area contributed by atoms with Crippen molar-refractivity contribution < 1.29 is 41.8 Å². The van der Waals surface area contributed by atoms with Crippen LogP contribution in [0.3, 0.4) is 0 Å². The predicted octanol–water partition coefficient (Wildman–Crippen LogP) is 10.6. The van der Waals surface area contributed by atoms with Crippen molar-refractivity contribution in [3.05, 3.63) is 109 Å². The molecule has 8 aromatic rings. The number of nitrogens with zero attached hydrogens (tertiary/aromatic N) is 12. The van der Waals surface area contributed by atoms with E-state index in [1.807, 2.05) is 49.9 Å². The number of halogens is 4. The molecule has 5 aromatic heterocycles. The Hall–Kier alpha value is -8.53. The number of benzene rings is 3. The van der Waals surface area contributed by atoms with Crippen LogP contribution in [0.25, 0.3) is 65.8 Å². The number of tetrazole rings is 1. The van der Waals surface area contributed by atoms with Crippen molar-refractivity contribution in [1.29, 1.82) is 5.26 Å². The lowest BCUT2D eigenvalue weighted by Crippen LogP contribution is -2.54. The fourth-order valence-corrected chi connectivity index (χ4v) is 14.9. The summed E-state index contributed by atoms with van der Waals surface area (Å²) in [7, 11) is 0. The van der Waals surface area contributed by atoms with E-state index in [1.165, 1.54) is 16.9 Å². The summed E-state index contributed by atoms with van der Waals surface area (Å²) in [5.41, 5.74) is 3.00. The summed E-state index contributed by atoms with van der Waals surface area (Å²) in [6.45, 7) is 18.6. The van der Waals surface area contributed by atoms with Crippen molar-refractivity contribution in [2.24, 2.45) is 0 Å². The van der Waals surface area contributed by atoms with Gasteiger partial charge in [0.05, 0.1) is 61.8 Å². The van der Waals surface area contributed by atoms with Gasteiger partial charge in [-0.15, -0.1) is 21.5 Å². The molecule has 0 aliphatic carbocycles. The Labute approximate surface area is 511 Å². The number of hydrogen-bond donors (Lipinski definition) is 1. The van der Waals surface area contributed by atoms with Crippen molar-refractivity contribution >= 4 is 83.6 Å². The van der Waals surface area contributed by atoms with E-state index in [4.69, 9.17) is 35.8 Å². The Bertz CT molecular complexity index is 4440. The molecule has 0 unspecified atom stereocenters. The lowest BCUT2D eigenvalue weighted by atomic mass is 9.76. The first-order valence-electron chi connectivity index (χ1n) is 29.3. The highest BCUT2D eigenvalue weighted by molar-refractivity contribution is 7.23. The normalized spacial score (nSPS) is 20.7. The highest BCUT2D eigenvalue weighted by Gasteiger charge is 2.50. The van der Waals surface area contributed by atoms with Gasteiger partial charge in [-0.2, -0.15) is 20.0 Å². The van der Waals surface area contributed by atoms with Crippen LogP contribution in [-0.2, 0) is 50.6 Å². The van der Waals surface area contributed by atoms with Crippen LogP contribution >= 0.6 is 22.9 Å². The summed E-state index contributed by atoms with van der Waals surface area (Å²) >= 11 is 7.90. The Morgan fingerprint density at radius 1 is 1.03 bits per heavy atom. The van der Waals surface area contributed by atoms with Crippen molar-refractivity contribution in [3.63, 3.8) is 0 Å². The number of carbonyl (C=O) groups excluding carboxylic acids is 3. The zero-order valence-corrected chi connectivity index (χ0v) is 51.0. The summed E-state index contributed by atoms with van der Waals surface area (Å²) in [5, 5.41) is 27.4. The van der Waals surface area contributed by atoms with Gasteiger partial charge < -0.3 is 28.6 Å². The third-order valence-electron chi connectivity index (χ3n) is 18.0. The second-order valence-electron chi connectivity index (χ2n) is 24.6. The van der Waals surface area contributed by atoms with Gasteiger partial charge in [-0.05, 0) is 125 Å². The van der Waals surface area contributed by atoms with E-state index in [0.29, 0.717) is 71.8 Å². The van der Waals surface area contributed by atoms with Gasteiger partial charge in [0.1, 0.15) is 53.2 Å². The number of anilines is 2. The Kier molecular flexibility index (Phi) is 14.4. The molecule has 10 heterocycles. The van der Waals surface area contributed by atoms with Gasteiger partial charge in [0.2, 0.25) is 5.82 Å². The predicted molar refractivity (Wildman–Crippen MR) is 325 cm³/mol. The zero-order chi connectivity index (χ0) is 62.0. The van der Waals surface area contributed by atoms with Crippen molar-refractivity contribution in [1.82, 2.24) is 49.5 Å². The maximum absolute atomic E-state index is 17.8. The fourth-order valence-electron chi connectivity index (χ4n) is 13.5. The second kappa shape index (κ2) is 21.7. The van der Waals surface area contributed by atoms with Gasteiger partial charge in [0.25, 0.3) is 11.5 Å². The monoisotopic (exact) mass is 1240 g/mol. The summed E-state index contributed by atoms with van der Waals surface area (Å²) in [4.78, 5) is 75.8. The molecule has 0 saturated carbocycles. The number of rotatable bonds is 12. The number of pyridine rings is 2. The number of ether oxygens (including phenoxy) is 3. The van der Waals surface area contributed by atoms with E-state index in [-0.39, 0.29) is 135 Å². The van der Waals surface area contributed by atoms with E-state index in [2.05, 4.69) is 50.2 Å². The molecule has 3 aromatic carbocycles. The average molecular weight is 1240 g/mol. The minimum Gasteiger partial charge on any atom is -0.461 e. The first-order chi connectivity index (χ1) is 42.0. The molecule has 20 nitrogen and oxygen atoms in total. The largest absolute Gasteiger partial charge is 0.461 e. The number of nitriles is 1. The number of fused-ring (bicyclic) bond motifs is 8. The SMILES string of the molecule is C=C(Cn1nnc(-c2ccc3nc4c(c(CC)c3c2)Cn2c-4cc3c(c2=O)COC(=O)[C@]3(C)CC)n1)C(=O)N1CCN(c2nc(OC[C@@]34CCCN3C[C@H](F)C4)nc3c(F)c(-c4ccc(F)c5sc(NC(=O)OC(C)(C)C)c(C#N)c45)c(Cl)cc23)[C@@H](C)C1. The third kappa shape index (κ3) is 9.67. The smallest absolute Gasteiger partial charge is 0.412 e. The van der Waals surface area contributed by atoms with Crippen LogP contribution in [0.15, 0.2) is 59.4 Å². The number of nitrogens with one attached hydrogen (secondary N) is 1. The van der Waals surface area contributed by atoms with Gasteiger partial charge in [-0.1, -0.05) is 38.1 Å². The van der Waals surface area contributed by atoms with Gasteiger partial charge in [-0.3, -0.25) is 24.6 Å². The molecule has 0 spiro atoms. The Balaban J connectivity index is 0.762. The van der Waals surface area contributed by atoms with Gasteiger partial charge in [0, 0.05) is 77.1 Å². The van der Waals surface area contributed by atoms with Crippen molar-refractivity contribution in [2.75, 3.05) is 49.5 Å². The lowest BCUT2D eigenvalue weighted by Gasteiger charge is -2.41. The average Bonchev–Trinajstić information content (AvgIpc) is 1.42. The number of aromatic nitrogens is 8. The Morgan fingerprint density at radius 3 is 2.59 bits per heavy atom. The van der Waals surface area contributed by atoms with Crippen LogP contribution in [0, 0.1) is 23.0 Å². The molecule has 3 fully saturated rings. The molecule has 1 N–H and O–H groups in total. The maximum atomic E-state index is 17.8. The summed E-state index contributed by atoms with van der Waals surface area (Å²) in [6.07, 6.45) is 1.01. The maximum Gasteiger partial charge on any atom is 0.412 e. The van der Waals surface area contributed by atoms with E-state index in [0.717, 1.165) is 40.3 Å². The quantitative estimate of drug-likeness (QED) is 0.0886.